The largest absolute Gasteiger partial charge is 0.481 e. The van der Waals surface area contributed by atoms with Gasteiger partial charge in [-0.3, -0.25) is 9.78 Å². The molecule has 4 heterocycles. The molecule has 38 heavy (non-hydrogen) atoms. The van der Waals surface area contributed by atoms with Gasteiger partial charge in [-0.05, 0) is 78.6 Å². The van der Waals surface area contributed by atoms with Crippen molar-refractivity contribution in [2.45, 2.75) is 20.3 Å². The molecule has 0 saturated heterocycles. The molecule has 4 aromatic heterocycles. The zero-order valence-corrected chi connectivity index (χ0v) is 22.6. The van der Waals surface area contributed by atoms with Crippen LogP contribution in [-0.2, 0) is 18.3 Å². The minimum absolute atomic E-state index is 0.0703. The van der Waals surface area contributed by atoms with Crippen molar-refractivity contribution in [1.82, 2.24) is 19.5 Å². The zero-order chi connectivity index (χ0) is 26.6. The van der Waals surface area contributed by atoms with Crippen molar-refractivity contribution in [3.05, 3.63) is 88.7 Å². The van der Waals surface area contributed by atoms with Crippen molar-refractivity contribution >= 4 is 50.2 Å². The highest BCUT2D eigenvalue weighted by molar-refractivity contribution is 7.22. The Morgan fingerprint density at radius 3 is 2.53 bits per heavy atom. The number of benzene rings is 2. The topological polar surface area (TPSA) is 80.9 Å². The van der Waals surface area contributed by atoms with Crippen LogP contribution in [-0.4, -0.2) is 30.6 Å². The molecule has 0 spiro atoms. The van der Waals surface area contributed by atoms with E-state index in [-0.39, 0.29) is 6.42 Å². The fourth-order valence-corrected chi connectivity index (χ4v) is 6.21. The zero-order valence-electron chi connectivity index (χ0n) is 21.0. The van der Waals surface area contributed by atoms with Gasteiger partial charge in [0.1, 0.15) is 10.7 Å². The maximum Gasteiger partial charge on any atom is 0.307 e. The number of rotatable bonds is 5. The number of aliphatic carboxylic acids is 1. The normalized spacial score (nSPS) is 11.5. The van der Waals surface area contributed by atoms with Crippen molar-refractivity contribution < 1.29 is 9.90 Å². The molecule has 0 bridgehead atoms. The van der Waals surface area contributed by atoms with Gasteiger partial charge in [-0.1, -0.05) is 23.7 Å². The Hall–Kier alpha value is -4.07. The monoisotopic (exact) mass is 538 g/mol. The number of pyridine rings is 2. The molecule has 0 aliphatic rings. The molecule has 2 aromatic carbocycles. The Morgan fingerprint density at radius 2 is 1.76 bits per heavy atom. The summed E-state index contributed by atoms with van der Waals surface area (Å²) in [6.45, 7) is 4.02. The summed E-state index contributed by atoms with van der Waals surface area (Å²) in [4.78, 5) is 26.2. The van der Waals surface area contributed by atoms with E-state index in [0.717, 1.165) is 65.5 Å². The third-order valence-electron chi connectivity index (χ3n) is 6.76. The number of halogens is 1. The summed E-state index contributed by atoms with van der Waals surface area (Å²) in [5, 5.41) is 12.2. The minimum atomic E-state index is -0.871. The Balaban J connectivity index is 1.50. The van der Waals surface area contributed by atoms with Gasteiger partial charge in [0, 0.05) is 41.0 Å². The molecule has 0 atom stereocenters. The standard InChI is InChI=1S/C30H23ClN4O2S/c1-16-12-25-28(27(22(16)14-26(36)37)18-4-6-20(31)7-5-18)38-30(34-25)19-10-11-32-24(13-19)23-9-8-21-17(2)15-35(3)29(21)33-23/h4-13,15H,14H2,1-3H3,(H,36,37). The minimum Gasteiger partial charge on any atom is -0.481 e. The van der Waals surface area contributed by atoms with E-state index in [2.05, 4.69) is 24.2 Å². The molecule has 6 rings (SSSR count). The predicted octanol–water partition coefficient (Wildman–Crippen LogP) is 7.48. The maximum absolute atomic E-state index is 11.7. The Bertz CT molecular complexity index is 1870. The number of thiazole rings is 1. The summed E-state index contributed by atoms with van der Waals surface area (Å²) in [6.07, 6.45) is 3.78. The second-order valence-corrected chi connectivity index (χ2v) is 10.8. The molecule has 8 heteroatoms. The first-order valence-corrected chi connectivity index (χ1v) is 13.3. The molecule has 0 fully saturated rings. The summed E-state index contributed by atoms with van der Waals surface area (Å²) in [5.41, 5.74) is 8.92. The fraction of sp³-hybridized carbons (Fsp3) is 0.133. The van der Waals surface area contributed by atoms with E-state index in [0.29, 0.717) is 5.02 Å². The van der Waals surface area contributed by atoms with E-state index in [4.69, 9.17) is 21.6 Å². The van der Waals surface area contributed by atoms with E-state index < -0.39 is 5.97 Å². The third-order valence-corrected chi connectivity index (χ3v) is 8.15. The van der Waals surface area contributed by atoms with Crippen molar-refractivity contribution in [3.63, 3.8) is 0 Å². The summed E-state index contributed by atoms with van der Waals surface area (Å²) in [5.74, 6) is -0.871. The van der Waals surface area contributed by atoms with E-state index in [9.17, 15) is 9.90 Å². The molecular formula is C30H23ClN4O2S. The van der Waals surface area contributed by atoms with Gasteiger partial charge in [-0.15, -0.1) is 11.3 Å². The summed E-state index contributed by atoms with van der Waals surface area (Å²) in [6, 6.07) is 17.5. The van der Waals surface area contributed by atoms with Crippen molar-refractivity contribution in [2.24, 2.45) is 7.05 Å². The highest BCUT2D eigenvalue weighted by Crippen LogP contribution is 2.41. The molecule has 0 unspecified atom stereocenters. The van der Waals surface area contributed by atoms with Crippen LogP contribution in [0.2, 0.25) is 5.02 Å². The number of nitrogens with zero attached hydrogens (tertiary/aromatic N) is 4. The number of carboxylic acid groups (broad SMARTS) is 1. The van der Waals surface area contributed by atoms with Crippen LogP contribution in [0.5, 0.6) is 0 Å². The Kier molecular flexibility index (Phi) is 5.97. The number of hydrogen-bond donors (Lipinski definition) is 1. The van der Waals surface area contributed by atoms with Crippen LogP contribution in [0.25, 0.3) is 54.3 Å². The lowest BCUT2D eigenvalue weighted by Gasteiger charge is -2.13. The van der Waals surface area contributed by atoms with Crippen LogP contribution in [0.3, 0.4) is 0 Å². The number of aryl methyl sites for hydroxylation is 3. The van der Waals surface area contributed by atoms with Gasteiger partial charge in [0.15, 0.2) is 0 Å². The van der Waals surface area contributed by atoms with Crippen LogP contribution in [0.15, 0.2) is 67.0 Å². The molecule has 0 aliphatic carbocycles. The lowest BCUT2D eigenvalue weighted by atomic mass is 9.93. The molecule has 0 saturated carbocycles. The number of carboxylic acids is 1. The molecule has 188 valence electrons. The van der Waals surface area contributed by atoms with Crippen LogP contribution >= 0.6 is 22.9 Å². The second-order valence-electron chi connectivity index (χ2n) is 9.41. The van der Waals surface area contributed by atoms with Gasteiger partial charge in [0.25, 0.3) is 0 Å². The van der Waals surface area contributed by atoms with Crippen LogP contribution in [0.4, 0.5) is 0 Å². The van der Waals surface area contributed by atoms with Crippen LogP contribution in [0, 0.1) is 13.8 Å². The molecule has 0 amide bonds. The van der Waals surface area contributed by atoms with Gasteiger partial charge in [0.2, 0.25) is 0 Å². The highest BCUT2D eigenvalue weighted by Gasteiger charge is 2.20. The fourth-order valence-electron chi connectivity index (χ4n) is 4.95. The van der Waals surface area contributed by atoms with Gasteiger partial charge in [-0.25, -0.2) is 9.97 Å². The summed E-state index contributed by atoms with van der Waals surface area (Å²) in [7, 11) is 2.00. The van der Waals surface area contributed by atoms with E-state index >= 15 is 0 Å². The summed E-state index contributed by atoms with van der Waals surface area (Å²) >= 11 is 7.70. The van der Waals surface area contributed by atoms with Gasteiger partial charge in [0.05, 0.1) is 28.0 Å². The number of carbonyl (C=O) groups is 1. The van der Waals surface area contributed by atoms with E-state index in [1.165, 1.54) is 5.56 Å². The van der Waals surface area contributed by atoms with Gasteiger partial charge >= 0.3 is 5.97 Å². The SMILES string of the molecule is Cc1cc2nc(-c3ccnc(-c4ccc5c(C)cn(C)c5n4)c3)sc2c(-c2ccc(Cl)cc2)c1CC(=O)O. The second kappa shape index (κ2) is 9.35. The first-order chi connectivity index (χ1) is 18.3. The average Bonchev–Trinajstić information content (AvgIpc) is 3.45. The number of hydrogen-bond acceptors (Lipinski definition) is 5. The van der Waals surface area contributed by atoms with Crippen molar-refractivity contribution in [1.29, 1.82) is 0 Å². The molecule has 6 nitrogen and oxygen atoms in total. The summed E-state index contributed by atoms with van der Waals surface area (Å²) < 4.78 is 2.97. The van der Waals surface area contributed by atoms with Crippen molar-refractivity contribution in [3.8, 4) is 33.1 Å². The lowest BCUT2D eigenvalue weighted by molar-refractivity contribution is -0.136. The predicted molar refractivity (Wildman–Crippen MR) is 154 cm³/mol. The van der Waals surface area contributed by atoms with Crippen LogP contribution in [0.1, 0.15) is 16.7 Å². The van der Waals surface area contributed by atoms with Crippen LogP contribution < -0.4 is 0 Å². The number of aromatic nitrogens is 4. The Labute approximate surface area is 228 Å². The van der Waals surface area contributed by atoms with E-state index in [1.54, 1.807) is 17.5 Å². The average molecular weight is 539 g/mol. The molecule has 0 radical (unpaired) electrons. The highest BCUT2D eigenvalue weighted by atomic mass is 35.5. The van der Waals surface area contributed by atoms with Crippen molar-refractivity contribution in [2.75, 3.05) is 0 Å². The smallest absolute Gasteiger partial charge is 0.307 e. The molecular weight excluding hydrogens is 516 g/mol. The van der Waals surface area contributed by atoms with E-state index in [1.807, 2.05) is 67.1 Å². The quantitative estimate of drug-likeness (QED) is 0.246. The number of fused-ring (bicyclic) bond motifs is 2. The maximum atomic E-state index is 11.7. The third kappa shape index (κ3) is 4.23. The van der Waals surface area contributed by atoms with Gasteiger partial charge < -0.3 is 9.67 Å². The molecule has 1 N–H and O–H groups in total. The Morgan fingerprint density at radius 1 is 0.974 bits per heavy atom. The lowest BCUT2D eigenvalue weighted by Crippen LogP contribution is -2.04. The first kappa shape index (κ1) is 24.3. The van der Waals surface area contributed by atoms with Gasteiger partial charge in [-0.2, -0.15) is 0 Å². The first-order valence-electron chi connectivity index (χ1n) is 12.1. The molecule has 6 aromatic rings. The molecule has 0 aliphatic heterocycles.